The zero-order valence-corrected chi connectivity index (χ0v) is 12.5. The van der Waals surface area contributed by atoms with Crippen molar-refractivity contribution in [3.63, 3.8) is 0 Å². The lowest BCUT2D eigenvalue weighted by molar-refractivity contribution is 0.388. The van der Waals surface area contributed by atoms with Crippen LogP contribution in [0.1, 0.15) is 22.7 Å². The van der Waals surface area contributed by atoms with E-state index in [4.69, 9.17) is 15.2 Å². The second-order valence-corrected chi connectivity index (χ2v) is 4.99. The number of halogens is 1. The maximum absolute atomic E-state index is 13.1. The number of hydrogen-bond acceptors (Lipinski definition) is 3. The van der Waals surface area contributed by atoms with E-state index in [1.54, 1.807) is 20.3 Å². The zero-order valence-electron chi connectivity index (χ0n) is 12.5. The van der Waals surface area contributed by atoms with E-state index in [2.05, 4.69) is 0 Å². The highest BCUT2D eigenvalue weighted by molar-refractivity contribution is 5.43. The molecule has 0 aliphatic rings. The number of aryl methyl sites for hydroxylation is 1. The van der Waals surface area contributed by atoms with E-state index in [9.17, 15) is 4.39 Å². The van der Waals surface area contributed by atoms with Gasteiger partial charge in [-0.25, -0.2) is 4.39 Å². The molecule has 0 amide bonds. The molecule has 0 radical (unpaired) electrons. The summed E-state index contributed by atoms with van der Waals surface area (Å²) in [6.45, 7) is 1.89. The first-order chi connectivity index (χ1) is 10.0. The van der Waals surface area contributed by atoms with Crippen molar-refractivity contribution in [2.45, 2.75) is 19.4 Å². The van der Waals surface area contributed by atoms with Gasteiger partial charge in [-0.1, -0.05) is 12.1 Å². The van der Waals surface area contributed by atoms with Gasteiger partial charge in [0.1, 0.15) is 17.3 Å². The van der Waals surface area contributed by atoms with E-state index in [1.165, 1.54) is 12.1 Å². The van der Waals surface area contributed by atoms with Crippen molar-refractivity contribution in [3.8, 4) is 11.5 Å². The van der Waals surface area contributed by atoms with E-state index in [1.807, 2.05) is 25.1 Å². The van der Waals surface area contributed by atoms with Gasteiger partial charge in [0.2, 0.25) is 0 Å². The third-order valence-corrected chi connectivity index (χ3v) is 3.58. The smallest absolute Gasteiger partial charge is 0.127 e. The molecule has 1 atom stereocenters. The molecule has 2 rings (SSSR count). The van der Waals surface area contributed by atoms with Crippen molar-refractivity contribution in [2.24, 2.45) is 5.73 Å². The van der Waals surface area contributed by atoms with Crippen LogP contribution in [0.3, 0.4) is 0 Å². The lowest BCUT2D eigenvalue weighted by Gasteiger charge is -2.17. The average molecular weight is 289 g/mol. The molecule has 2 aromatic rings. The Morgan fingerprint density at radius 2 is 1.86 bits per heavy atom. The number of benzene rings is 2. The van der Waals surface area contributed by atoms with Crippen LogP contribution >= 0.6 is 0 Å². The Bertz CT molecular complexity index is 628. The minimum Gasteiger partial charge on any atom is -0.497 e. The minimum absolute atomic E-state index is 0.227. The average Bonchev–Trinajstić information content (AvgIpc) is 2.49. The van der Waals surface area contributed by atoms with Gasteiger partial charge in [0.25, 0.3) is 0 Å². The summed E-state index contributed by atoms with van der Waals surface area (Å²) in [6, 6.07) is 10.1. The number of ether oxygens (including phenoxy) is 2. The fourth-order valence-electron chi connectivity index (χ4n) is 2.36. The Labute approximate surface area is 124 Å². The van der Waals surface area contributed by atoms with Gasteiger partial charge in [-0.15, -0.1) is 0 Å². The second kappa shape index (κ2) is 6.59. The number of rotatable bonds is 5. The van der Waals surface area contributed by atoms with Crippen molar-refractivity contribution in [3.05, 3.63) is 58.9 Å². The summed E-state index contributed by atoms with van der Waals surface area (Å²) in [5.74, 6) is 1.19. The molecule has 0 heterocycles. The normalized spacial score (nSPS) is 12.0. The monoisotopic (exact) mass is 289 g/mol. The molecule has 112 valence electrons. The predicted molar refractivity (Wildman–Crippen MR) is 81.3 cm³/mol. The van der Waals surface area contributed by atoms with E-state index in [-0.39, 0.29) is 11.9 Å². The summed E-state index contributed by atoms with van der Waals surface area (Å²) in [6.07, 6.45) is 0.620. The molecule has 4 heteroatoms. The van der Waals surface area contributed by atoms with Crippen molar-refractivity contribution < 1.29 is 13.9 Å². The van der Waals surface area contributed by atoms with Gasteiger partial charge in [-0.05, 0) is 42.7 Å². The van der Waals surface area contributed by atoms with Crippen LogP contribution in [0.25, 0.3) is 0 Å². The maximum Gasteiger partial charge on any atom is 0.127 e. The molecule has 0 aliphatic heterocycles. The molecular weight excluding hydrogens is 269 g/mol. The van der Waals surface area contributed by atoms with Gasteiger partial charge in [-0.2, -0.15) is 0 Å². The second-order valence-electron chi connectivity index (χ2n) is 4.99. The highest BCUT2D eigenvalue weighted by Gasteiger charge is 2.14. The van der Waals surface area contributed by atoms with Crippen LogP contribution in [0.4, 0.5) is 4.39 Å². The molecule has 0 saturated carbocycles. The van der Waals surface area contributed by atoms with Crippen LogP contribution in [0.15, 0.2) is 36.4 Å². The molecule has 0 spiro atoms. The molecule has 0 saturated heterocycles. The van der Waals surface area contributed by atoms with Crippen molar-refractivity contribution >= 4 is 0 Å². The highest BCUT2D eigenvalue weighted by atomic mass is 19.1. The van der Waals surface area contributed by atoms with Crippen molar-refractivity contribution in [1.29, 1.82) is 0 Å². The fraction of sp³-hybridized carbons (Fsp3) is 0.294. The molecular formula is C17H20FNO2. The standard InChI is InChI=1S/C17H20FNO2/c1-11-8-13(18)5-4-12(11)9-16(19)15-7-6-14(20-2)10-17(15)21-3/h4-8,10,16H,9,19H2,1-3H3. The van der Waals surface area contributed by atoms with Crippen LogP contribution in [-0.2, 0) is 6.42 Å². The molecule has 2 aromatic carbocycles. The van der Waals surface area contributed by atoms with Crippen LogP contribution in [-0.4, -0.2) is 14.2 Å². The van der Waals surface area contributed by atoms with Gasteiger partial charge < -0.3 is 15.2 Å². The summed E-state index contributed by atoms with van der Waals surface area (Å²) in [5, 5.41) is 0. The van der Waals surface area contributed by atoms with Crippen molar-refractivity contribution in [1.82, 2.24) is 0 Å². The van der Waals surface area contributed by atoms with Gasteiger partial charge in [-0.3, -0.25) is 0 Å². The third-order valence-electron chi connectivity index (χ3n) is 3.58. The van der Waals surface area contributed by atoms with Gasteiger partial charge in [0.15, 0.2) is 0 Å². The van der Waals surface area contributed by atoms with Crippen LogP contribution in [0, 0.1) is 12.7 Å². The largest absolute Gasteiger partial charge is 0.497 e. The maximum atomic E-state index is 13.1. The van der Waals surface area contributed by atoms with Gasteiger partial charge in [0, 0.05) is 17.7 Å². The topological polar surface area (TPSA) is 44.5 Å². The van der Waals surface area contributed by atoms with Crippen LogP contribution in [0.2, 0.25) is 0 Å². The van der Waals surface area contributed by atoms with Crippen LogP contribution < -0.4 is 15.2 Å². The van der Waals surface area contributed by atoms with E-state index >= 15 is 0 Å². The Hall–Kier alpha value is -2.07. The van der Waals surface area contributed by atoms with Gasteiger partial charge >= 0.3 is 0 Å². The molecule has 0 bridgehead atoms. The van der Waals surface area contributed by atoms with E-state index in [0.717, 1.165) is 22.4 Å². The van der Waals surface area contributed by atoms with Crippen molar-refractivity contribution in [2.75, 3.05) is 14.2 Å². The molecule has 2 N–H and O–H groups in total. The lowest BCUT2D eigenvalue weighted by Crippen LogP contribution is -2.15. The van der Waals surface area contributed by atoms with Crippen LogP contribution in [0.5, 0.6) is 11.5 Å². The quantitative estimate of drug-likeness (QED) is 0.917. The molecule has 0 aromatic heterocycles. The first kappa shape index (κ1) is 15.3. The number of hydrogen-bond donors (Lipinski definition) is 1. The Kier molecular flexibility index (Phi) is 4.81. The van der Waals surface area contributed by atoms with E-state index < -0.39 is 0 Å². The Balaban J connectivity index is 2.25. The van der Waals surface area contributed by atoms with Gasteiger partial charge in [0.05, 0.1) is 14.2 Å². The summed E-state index contributed by atoms with van der Waals surface area (Å²) in [5.41, 5.74) is 9.12. The minimum atomic E-state index is -0.230. The summed E-state index contributed by atoms with van der Waals surface area (Å²) in [7, 11) is 3.21. The number of methoxy groups -OCH3 is 2. The predicted octanol–water partition coefficient (Wildman–Crippen LogP) is 3.39. The molecule has 21 heavy (non-hydrogen) atoms. The first-order valence-corrected chi connectivity index (χ1v) is 6.77. The summed E-state index contributed by atoms with van der Waals surface area (Å²) < 4.78 is 23.7. The Morgan fingerprint density at radius 1 is 1.10 bits per heavy atom. The third kappa shape index (κ3) is 3.52. The SMILES string of the molecule is COc1ccc(C(N)Cc2ccc(F)cc2C)c(OC)c1. The van der Waals surface area contributed by atoms with E-state index in [0.29, 0.717) is 12.2 Å². The molecule has 3 nitrogen and oxygen atoms in total. The molecule has 0 fully saturated rings. The fourth-order valence-corrected chi connectivity index (χ4v) is 2.36. The molecule has 0 aliphatic carbocycles. The zero-order chi connectivity index (χ0) is 15.4. The molecule has 1 unspecified atom stereocenters. The first-order valence-electron chi connectivity index (χ1n) is 6.77. The Morgan fingerprint density at radius 3 is 2.48 bits per heavy atom. The number of nitrogens with two attached hydrogens (primary N) is 1. The lowest BCUT2D eigenvalue weighted by atomic mass is 9.96. The summed E-state index contributed by atoms with van der Waals surface area (Å²) in [4.78, 5) is 0. The highest BCUT2D eigenvalue weighted by Crippen LogP contribution is 2.30. The summed E-state index contributed by atoms with van der Waals surface area (Å²) >= 11 is 0.